The van der Waals surface area contributed by atoms with Gasteiger partial charge < -0.3 is 10.2 Å². The summed E-state index contributed by atoms with van der Waals surface area (Å²) < 4.78 is 5.78. The fourth-order valence-corrected chi connectivity index (χ4v) is 6.07. The Bertz CT molecular complexity index is 2010. The summed E-state index contributed by atoms with van der Waals surface area (Å²) in [7, 11) is 0. The topological polar surface area (TPSA) is 76.8 Å². The second-order valence-electron chi connectivity index (χ2n) is 10.8. The number of hydrogen-bond donors (Lipinski definition) is 1. The maximum absolute atomic E-state index is 6.28. The van der Waals surface area contributed by atoms with Crippen molar-refractivity contribution in [2.24, 2.45) is 15.7 Å². The zero-order chi connectivity index (χ0) is 33.2. The quantitative estimate of drug-likeness (QED) is 0.0966. The average Bonchev–Trinajstić information content (AvgIpc) is 3.66. The van der Waals surface area contributed by atoms with Crippen LogP contribution in [-0.4, -0.2) is 17.5 Å². The second-order valence-corrected chi connectivity index (χ2v) is 10.8. The molecule has 1 aliphatic rings. The van der Waals surface area contributed by atoms with E-state index >= 15 is 0 Å². The summed E-state index contributed by atoms with van der Waals surface area (Å²) in [5.74, 6) is 0.518. The third-order valence-corrected chi connectivity index (χ3v) is 8.00. The number of nitrogens with two attached hydrogens (primary N) is 1. The van der Waals surface area contributed by atoms with E-state index in [1.807, 2.05) is 91.9 Å². The van der Waals surface area contributed by atoms with Crippen LogP contribution in [0.4, 0.5) is 5.69 Å². The fourth-order valence-electron chi connectivity index (χ4n) is 6.07. The third-order valence-electron chi connectivity index (χ3n) is 8.00. The van der Waals surface area contributed by atoms with Crippen molar-refractivity contribution < 1.29 is 4.42 Å². The van der Waals surface area contributed by atoms with Crippen molar-refractivity contribution in [3.05, 3.63) is 199 Å². The summed E-state index contributed by atoms with van der Waals surface area (Å²) in [6.45, 7) is 18.5. The largest absolute Gasteiger partial charge is 0.434 e. The Labute approximate surface area is 276 Å². The summed E-state index contributed by atoms with van der Waals surface area (Å²) in [6, 6.07) is 34.2. The molecule has 1 unspecified atom stereocenters. The number of allylic oxidation sites excluding steroid dienone is 9. The van der Waals surface area contributed by atoms with Gasteiger partial charge in [0.1, 0.15) is 5.52 Å². The first-order valence-electron chi connectivity index (χ1n) is 15.3. The van der Waals surface area contributed by atoms with Crippen LogP contribution in [0, 0.1) is 0 Å². The molecule has 1 atom stereocenters. The first-order chi connectivity index (χ1) is 23.0. The summed E-state index contributed by atoms with van der Waals surface area (Å²) >= 11 is 0. The van der Waals surface area contributed by atoms with E-state index < -0.39 is 5.41 Å². The van der Waals surface area contributed by atoms with Crippen LogP contribution in [0.5, 0.6) is 0 Å². The zero-order valence-corrected chi connectivity index (χ0v) is 26.6. The Hall–Kier alpha value is -6.07. The van der Waals surface area contributed by atoms with Gasteiger partial charge in [-0.15, -0.1) is 0 Å². The highest BCUT2D eigenvalue weighted by Gasteiger charge is 2.46. The van der Waals surface area contributed by atoms with Crippen LogP contribution in [0.3, 0.4) is 0 Å². The summed E-state index contributed by atoms with van der Waals surface area (Å²) in [4.78, 5) is 12.8. The first kappa shape index (κ1) is 32.3. The molecular weight excluding hydrogens is 576 g/mol. The van der Waals surface area contributed by atoms with Crippen LogP contribution in [0.25, 0.3) is 16.7 Å². The number of aromatic nitrogens is 1. The van der Waals surface area contributed by atoms with Crippen LogP contribution < -0.4 is 5.73 Å². The molecule has 4 aromatic carbocycles. The van der Waals surface area contributed by atoms with Crippen molar-refractivity contribution in [1.29, 1.82) is 0 Å². The van der Waals surface area contributed by atoms with Crippen molar-refractivity contribution in [2.75, 3.05) is 0 Å². The minimum absolute atomic E-state index is 0.219. The standard InChI is InChI=1S/C34H29N3O.C8H9N/c1-5-13-23(7-3)34(28(14-6-2)26(8-4)27-15-9-10-16-29(27)34)24-19-21-25(22-20-24)36-32(35)33-37-30-17-11-12-18-31(30)38-33;1-9-7-8-5-3-2-4-6-8/h5-22H,1,3-4H2,2H3,(H2,35,36);2-6H,1,7H2/b14-6-,23-13+;. The molecule has 1 heterocycles. The number of fused-ring (bicyclic) bond motifs is 2. The van der Waals surface area contributed by atoms with Crippen molar-refractivity contribution in [1.82, 2.24) is 4.98 Å². The number of aliphatic imine (C=N–C) groups is 2. The molecule has 47 heavy (non-hydrogen) atoms. The SMILES string of the molecule is C=C/C=C(\C=C)C1(c2ccc(N=C(N)c3nc4ccccc4o3)cc2)C(/C=C\C)=C(C=C)c2ccccc21.C=NCc1ccccc1. The molecular formula is C42H38N4O. The summed E-state index contributed by atoms with van der Waals surface area (Å²) in [6.07, 6.45) is 11.9. The van der Waals surface area contributed by atoms with Gasteiger partial charge in [-0.2, -0.15) is 0 Å². The Morgan fingerprint density at radius 2 is 1.60 bits per heavy atom. The maximum Gasteiger partial charge on any atom is 0.263 e. The number of nitrogens with zero attached hydrogens (tertiary/aromatic N) is 3. The van der Waals surface area contributed by atoms with E-state index in [4.69, 9.17) is 10.2 Å². The monoisotopic (exact) mass is 614 g/mol. The van der Waals surface area contributed by atoms with Gasteiger partial charge >= 0.3 is 0 Å². The zero-order valence-electron chi connectivity index (χ0n) is 26.6. The Morgan fingerprint density at radius 3 is 2.26 bits per heavy atom. The molecule has 0 amide bonds. The van der Waals surface area contributed by atoms with E-state index in [1.165, 1.54) is 11.1 Å². The molecule has 0 bridgehead atoms. The third kappa shape index (κ3) is 6.37. The minimum atomic E-state index is -0.601. The van der Waals surface area contributed by atoms with Crippen molar-refractivity contribution in [3.63, 3.8) is 0 Å². The van der Waals surface area contributed by atoms with Crippen LogP contribution in [-0.2, 0) is 12.0 Å². The Balaban J connectivity index is 0.000000417. The smallest absolute Gasteiger partial charge is 0.263 e. The molecule has 0 radical (unpaired) electrons. The molecule has 6 rings (SSSR count). The maximum atomic E-state index is 6.28. The summed E-state index contributed by atoms with van der Waals surface area (Å²) in [5, 5.41) is 0. The van der Waals surface area contributed by atoms with E-state index in [-0.39, 0.29) is 5.84 Å². The van der Waals surface area contributed by atoms with Crippen LogP contribution in [0.15, 0.2) is 185 Å². The lowest BCUT2D eigenvalue weighted by atomic mass is 9.66. The normalized spacial score (nSPS) is 16.0. The predicted octanol–water partition coefficient (Wildman–Crippen LogP) is 9.87. The lowest BCUT2D eigenvalue weighted by molar-refractivity contribution is 0.589. The highest BCUT2D eigenvalue weighted by molar-refractivity contribution is 5.97. The number of para-hydroxylation sites is 2. The van der Waals surface area contributed by atoms with Gasteiger partial charge in [0.05, 0.1) is 17.6 Å². The molecule has 5 aromatic rings. The summed E-state index contributed by atoms with van der Waals surface area (Å²) in [5.41, 5.74) is 15.6. The van der Waals surface area contributed by atoms with Crippen LogP contribution in [0.2, 0.25) is 0 Å². The number of oxazole rings is 1. The van der Waals surface area contributed by atoms with Gasteiger partial charge in [0.15, 0.2) is 11.4 Å². The van der Waals surface area contributed by atoms with Gasteiger partial charge in [0.25, 0.3) is 5.89 Å². The predicted molar refractivity (Wildman–Crippen MR) is 198 cm³/mol. The van der Waals surface area contributed by atoms with Gasteiger partial charge in [0.2, 0.25) is 0 Å². The lowest BCUT2D eigenvalue weighted by Gasteiger charge is -2.35. The second kappa shape index (κ2) is 14.8. The van der Waals surface area contributed by atoms with E-state index in [0.29, 0.717) is 17.2 Å². The van der Waals surface area contributed by atoms with Gasteiger partial charge in [-0.05, 0) is 76.9 Å². The molecule has 5 nitrogen and oxygen atoms in total. The van der Waals surface area contributed by atoms with Crippen LogP contribution in [0.1, 0.15) is 35.1 Å². The minimum Gasteiger partial charge on any atom is -0.434 e. The molecule has 0 aliphatic heterocycles. The molecule has 1 aromatic heterocycles. The lowest BCUT2D eigenvalue weighted by Crippen LogP contribution is -2.29. The molecule has 0 saturated heterocycles. The molecule has 5 heteroatoms. The number of benzene rings is 4. The molecule has 0 spiro atoms. The molecule has 0 fully saturated rings. The number of rotatable bonds is 10. The van der Waals surface area contributed by atoms with Crippen molar-refractivity contribution in [2.45, 2.75) is 18.9 Å². The van der Waals surface area contributed by atoms with Gasteiger partial charge in [0, 0.05) is 0 Å². The molecule has 2 N–H and O–H groups in total. The number of hydrogen-bond acceptors (Lipinski definition) is 4. The van der Waals surface area contributed by atoms with Crippen molar-refractivity contribution >= 4 is 34.9 Å². The fraction of sp³-hybridized carbons (Fsp3) is 0.0714. The van der Waals surface area contributed by atoms with E-state index in [2.05, 4.69) is 90.0 Å². The average molecular weight is 615 g/mol. The Morgan fingerprint density at radius 1 is 0.894 bits per heavy atom. The molecule has 0 saturated carbocycles. The van der Waals surface area contributed by atoms with E-state index in [9.17, 15) is 0 Å². The molecule has 232 valence electrons. The van der Waals surface area contributed by atoms with Crippen molar-refractivity contribution in [3.8, 4) is 0 Å². The van der Waals surface area contributed by atoms with E-state index in [0.717, 1.165) is 39.9 Å². The van der Waals surface area contributed by atoms with Gasteiger partial charge in [-0.25, -0.2) is 9.98 Å². The Kier molecular flexibility index (Phi) is 10.2. The van der Waals surface area contributed by atoms with Gasteiger partial charge in [-0.1, -0.05) is 135 Å². The first-order valence-corrected chi connectivity index (χ1v) is 15.3. The van der Waals surface area contributed by atoms with E-state index in [1.54, 1.807) is 6.08 Å². The van der Waals surface area contributed by atoms with Gasteiger partial charge in [-0.3, -0.25) is 4.99 Å². The van der Waals surface area contributed by atoms with Crippen LogP contribution >= 0.6 is 0 Å². The highest BCUT2D eigenvalue weighted by Crippen LogP contribution is 2.55. The highest BCUT2D eigenvalue weighted by atomic mass is 16.3. The molecule has 1 aliphatic carbocycles. The number of amidine groups is 1.